The summed E-state index contributed by atoms with van der Waals surface area (Å²) in [7, 11) is 0. The first kappa shape index (κ1) is 16.6. The van der Waals surface area contributed by atoms with Gasteiger partial charge in [0, 0.05) is 17.4 Å². The number of benzene rings is 1. The maximum Gasteiger partial charge on any atom is 0.343 e. The van der Waals surface area contributed by atoms with Gasteiger partial charge in [-0.2, -0.15) is 0 Å². The average molecular weight is 399 g/mol. The molecule has 1 unspecified atom stereocenters. The molecule has 1 saturated heterocycles. The van der Waals surface area contributed by atoms with Gasteiger partial charge in [-0.15, -0.1) is 0 Å². The number of aliphatic carboxylic acids is 1. The number of halogens is 2. The fraction of sp³-hybridized carbons (Fsp3) is 0.333. The first-order valence-electron chi connectivity index (χ1n) is 7.09. The molecule has 0 spiro atoms. The van der Waals surface area contributed by atoms with Gasteiger partial charge in [-0.3, -0.25) is 19.3 Å². The Labute approximate surface area is 144 Å². The number of fused-ring (bicyclic) bond motifs is 1. The molecule has 0 radical (unpaired) electrons. The first-order valence-corrected chi connectivity index (χ1v) is 7.88. The number of hydrogen-bond donors (Lipinski definition) is 1. The van der Waals surface area contributed by atoms with Gasteiger partial charge < -0.3 is 10.0 Å². The quantitative estimate of drug-likeness (QED) is 0.768. The molecule has 0 bridgehead atoms. The maximum atomic E-state index is 14.0. The minimum atomic E-state index is -2.48. The summed E-state index contributed by atoms with van der Waals surface area (Å²) in [5.41, 5.74) is -2.10. The SMILES string of the molecule is O=C(CN1C(=O)c2ccc(Br)cc2C1=O)N1CCC(F)(C(=O)O)C1. The van der Waals surface area contributed by atoms with Crippen molar-refractivity contribution >= 4 is 39.6 Å². The zero-order chi connectivity index (χ0) is 17.6. The molecule has 2 aliphatic rings. The molecular formula is C15H12BrFN2O5. The molecule has 1 fully saturated rings. The summed E-state index contributed by atoms with van der Waals surface area (Å²) in [5, 5.41) is 8.85. The van der Waals surface area contributed by atoms with Crippen molar-refractivity contribution in [2.24, 2.45) is 0 Å². The third-order valence-electron chi connectivity index (χ3n) is 4.18. The summed E-state index contributed by atoms with van der Waals surface area (Å²) in [4.78, 5) is 49.5. The van der Waals surface area contributed by atoms with E-state index in [-0.39, 0.29) is 24.1 Å². The maximum absolute atomic E-state index is 14.0. The fourth-order valence-electron chi connectivity index (χ4n) is 2.80. The van der Waals surface area contributed by atoms with E-state index in [2.05, 4.69) is 15.9 Å². The van der Waals surface area contributed by atoms with Crippen LogP contribution in [0.5, 0.6) is 0 Å². The second-order valence-corrected chi connectivity index (χ2v) is 6.64. The van der Waals surface area contributed by atoms with Crippen molar-refractivity contribution in [3.63, 3.8) is 0 Å². The molecule has 0 aromatic heterocycles. The van der Waals surface area contributed by atoms with Crippen LogP contribution in [0.25, 0.3) is 0 Å². The number of amides is 3. The van der Waals surface area contributed by atoms with E-state index in [0.717, 1.165) is 9.80 Å². The molecule has 7 nitrogen and oxygen atoms in total. The monoisotopic (exact) mass is 398 g/mol. The van der Waals surface area contributed by atoms with E-state index in [4.69, 9.17) is 5.11 Å². The summed E-state index contributed by atoms with van der Waals surface area (Å²) in [5.74, 6) is -3.49. The van der Waals surface area contributed by atoms with E-state index < -0.39 is 42.4 Å². The standard InChI is InChI=1S/C15H12BrFN2O5/c16-8-1-2-9-10(5-8)13(22)19(12(9)21)6-11(20)18-4-3-15(17,7-18)14(23)24/h1-2,5H,3-4,6-7H2,(H,23,24). The number of imide groups is 1. The molecule has 3 amide bonds. The Morgan fingerprint density at radius 2 is 1.92 bits per heavy atom. The summed E-state index contributed by atoms with van der Waals surface area (Å²) in [6.45, 7) is -1.20. The molecule has 2 aliphatic heterocycles. The summed E-state index contributed by atoms with van der Waals surface area (Å²) < 4.78 is 14.6. The number of likely N-dealkylation sites (tertiary alicyclic amines) is 1. The van der Waals surface area contributed by atoms with E-state index in [9.17, 15) is 23.6 Å². The summed E-state index contributed by atoms with van der Waals surface area (Å²) in [6.07, 6.45) is -0.316. The zero-order valence-electron chi connectivity index (χ0n) is 12.3. The van der Waals surface area contributed by atoms with Crippen LogP contribution >= 0.6 is 15.9 Å². The summed E-state index contributed by atoms with van der Waals surface area (Å²) in [6, 6.07) is 4.59. The van der Waals surface area contributed by atoms with Crippen LogP contribution < -0.4 is 0 Å². The van der Waals surface area contributed by atoms with Crippen molar-refractivity contribution in [3.8, 4) is 0 Å². The van der Waals surface area contributed by atoms with Gasteiger partial charge in [-0.25, -0.2) is 9.18 Å². The van der Waals surface area contributed by atoms with Gasteiger partial charge in [0.05, 0.1) is 17.7 Å². The smallest absolute Gasteiger partial charge is 0.343 e. The largest absolute Gasteiger partial charge is 0.479 e. The lowest BCUT2D eigenvalue weighted by atomic mass is 10.1. The van der Waals surface area contributed by atoms with Crippen LogP contribution in [0.4, 0.5) is 4.39 Å². The molecule has 1 aromatic rings. The van der Waals surface area contributed by atoms with E-state index in [1.165, 1.54) is 12.1 Å². The predicted octanol–water partition coefficient (Wildman–Crippen LogP) is 1.07. The van der Waals surface area contributed by atoms with Crippen LogP contribution in [0.2, 0.25) is 0 Å². The van der Waals surface area contributed by atoms with Crippen molar-refractivity contribution < 1.29 is 28.7 Å². The van der Waals surface area contributed by atoms with Crippen LogP contribution in [0.1, 0.15) is 27.1 Å². The van der Waals surface area contributed by atoms with Crippen LogP contribution in [0.3, 0.4) is 0 Å². The van der Waals surface area contributed by atoms with E-state index >= 15 is 0 Å². The molecule has 24 heavy (non-hydrogen) atoms. The van der Waals surface area contributed by atoms with Gasteiger partial charge >= 0.3 is 5.97 Å². The molecule has 126 valence electrons. The molecule has 3 rings (SSSR count). The molecular weight excluding hydrogens is 387 g/mol. The highest BCUT2D eigenvalue weighted by Gasteiger charge is 2.47. The van der Waals surface area contributed by atoms with Crippen molar-refractivity contribution in [1.29, 1.82) is 0 Å². The van der Waals surface area contributed by atoms with Crippen LogP contribution in [-0.4, -0.2) is 63.9 Å². The Morgan fingerprint density at radius 3 is 2.54 bits per heavy atom. The van der Waals surface area contributed by atoms with Gasteiger partial charge in [-0.05, 0) is 18.2 Å². The number of carbonyl (C=O) groups is 4. The third-order valence-corrected chi connectivity index (χ3v) is 4.67. The molecule has 2 heterocycles. The van der Waals surface area contributed by atoms with Crippen LogP contribution in [0, 0.1) is 0 Å². The molecule has 1 atom stereocenters. The van der Waals surface area contributed by atoms with Gasteiger partial charge in [0.25, 0.3) is 11.8 Å². The van der Waals surface area contributed by atoms with Crippen molar-refractivity contribution in [2.75, 3.05) is 19.6 Å². The number of rotatable bonds is 3. The third kappa shape index (κ3) is 2.58. The zero-order valence-corrected chi connectivity index (χ0v) is 13.9. The lowest BCUT2D eigenvalue weighted by Gasteiger charge is -2.20. The Hall–Kier alpha value is -2.29. The number of carbonyl (C=O) groups excluding carboxylic acids is 3. The minimum absolute atomic E-state index is 0.0731. The van der Waals surface area contributed by atoms with E-state index in [0.29, 0.717) is 4.47 Å². The normalized spacial score (nSPS) is 22.9. The number of hydrogen-bond acceptors (Lipinski definition) is 4. The molecule has 1 aromatic carbocycles. The minimum Gasteiger partial charge on any atom is -0.479 e. The Kier molecular flexibility index (Phi) is 3.90. The average Bonchev–Trinajstić information content (AvgIpc) is 3.03. The highest BCUT2D eigenvalue weighted by molar-refractivity contribution is 9.10. The van der Waals surface area contributed by atoms with Crippen molar-refractivity contribution in [2.45, 2.75) is 12.1 Å². The molecule has 9 heteroatoms. The van der Waals surface area contributed by atoms with Crippen molar-refractivity contribution in [3.05, 3.63) is 33.8 Å². The van der Waals surface area contributed by atoms with E-state index in [1.807, 2.05) is 0 Å². The van der Waals surface area contributed by atoms with Crippen LogP contribution in [0.15, 0.2) is 22.7 Å². The summed E-state index contributed by atoms with van der Waals surface area (Å²) >= 11 is 3.21. The Bertz CT molecular complexity index is 783. The highest BCUT2D eigenvalue weighted by Crippen LogP contribution is 2.28. The number of carboxylic acids is 1. The number of carboxylic acid groups (broad SMARTS) is 1. The number of alkyl halides is 1. The fourth-order valence-corrected chi connectivity index (χ4v) is 3.16. The van der Waals surface area contributed by atoms with E-state index in [1.54, 1.807) is 6.07 Å². The first-order chi connectivity index (χ1) is 11.2. The highest BCUT2D eigenvalue weighted by atomic mass is 79.9. The lowest BCUT2D eigenvalue weighted by molar-refractivity contribution is -0.150. The second kappa shape index (κ2) is 5.66. The van der Waals surface area contributed by atoms with Gasteiger partial charge in [0.2, 0.25) is 11.6 Å². The second-order valence-electron chi connectivity index (χ2n) is 5.72. The molecule has 0 saturated carbocycles. The van der Waals surface area contributed by atoms with Crippen LogP contribution in [-0.2, 0) is 9.59 Å². The van der Waals surface area contributed by atoms with Gasteiger partial charge in [0.15, 0.2) is 0 Å². The van der Waals surface area contributed by atoms with Gasteiger partial charge in [0.1, 0.15) is 6.54 Å². The molecule has 0 aliphatic carbocycles. The van der Waals surface area contributed by atoms with Gasteiger partial charge in [-0.1, -0.05) is 15.9 Å². The number of nitrogens with zero attached hydrogens (tertiary/aromatic N) is 2. The predicted molar refractivity (Wildman–Crippen MR) is 82.2 cm³/mol. The Balaban J connectivity index is 1.74. The Morgan fingerprint density at radius 1 is 1.25 bits per heavy atom. The molecule has 1 N–H and O–H groups in total. The topological polar surface area (TPSA) is 95.0 Å². The lowest BCUT2D eigenvalue weighted by Crippen LogP contribution is -2.44. The van der Waals surface area contributed by atoms with Crippen molar-refractivity contribution in [1.82, 2.24) is 9.80 Å².